The fourth-order valence-corrected chi connectivity index (χ4v) is 3.21. The highest BCUT2D eigenvalue weighted by molar-refractivity contribution is 6.33. The molecule has 5 nitrogen and oxygen atoms in total. The molecule has 26 heavy (non-hydrogen) atoms. The van der Waals surface area contributed by atoms with Gasteiger partial charge in [0.05, 0.1) is 24.2 Å². The lowest BCUT2D eigenvalue weighted by Crippen LogP contribution is -2.50. The zero-order valence-corrected chi connectivity index (χ0v) is 14.9. The van der Waals surface area contributed by atoms with Gasteiger partial charge in [0.1, 0.15) is 29.5 Å². The van der Waals surface area contributed by atoms with Gasteiger partial charge in [-0.25, -0.2) is 9.97 Å². The third-order valence-corrected chi connectivity index (χ3v) is 4.66. The molecule has 1 N–H and O–H groups in total. The lowest BCUT2D eigenvalue weighted by molar-refractivity contribution is -0.367. The van der Waals surface area contributed by atoms with Crippen LogP contribution in [0.5, 0.6) is 0 Å². The minimum atomic E-state index is -4.47. The van der Waals surface area contributed by atoms with Crippen molar-refractivity contribution in [1.82, 2.24) is 9.88 Å². The Kier molecular flexibility index (Phi) is 5.24. The molecule has 1 saturated heterocycles. The predicted molar refractivity (Wildman–Crippen MR) is 90.4 cm³/mol. The Labute approximate surface area is 157 Å². The summed E-state index contributed by atoms with van der Waals surface area (Å²) in [5.74, 6) is 0.163. The van der Waals surface area contributed by atoms with E-state index in [1.165, 1.54) is 6.20 Å². The third-order valence-electron chi connectivity index (χ3n) is 4.07. The number of rotatable bonds is 2. The smallest absolute Gasteiger partial charge is 0.331 e. The van der Waals surface area contributed by atoms with E-state index in [0.29, 0.717) is 37.6 Å². The number of H-pyrrole nitrogens is 1. The zero-order valence-electron chi connectivity index (χ0n) is 13.4. The van der Waals surface area contributed by atoms with Gasteiger partial charge in [0.15, 0.2) is 0 Å². The predicted octanol–water partition coefficient (Wildman–Crippen LogP) is 3.18. The molecule has 0 spiro atoms. The van der Waals surface area contributed by atoms with Crippen LogP contribution in [-0.2, 0) is 6.18 Å². The maximum Gasteiger partial charge on any atom is 0.419 e. The molecule has 138 valence electrons. The van der Waals surface area contributed by atoms with E-state index in [1.54, 1.807) is 21.9 Å². The van der Waals surface area contributed by atoms with Crippen LogP contribution in [0.25, 0.3) is 0 Å². The van der Waals surface area contributed by atoms with E-state index in [2.05, 4.69) is 9.97 Å². The van der Waals surface area contributed by atoms with Gasteiger partial charge in [-0.3, -0.25) is 9.69 Å². The lowest BCUT2D eigenvalue weighted by atomic mass is 10.2. The Morgan fingerprint density at radius 2 is 1.88 bits per heavy atom. The molecule has 1 aliphatic heterocycles. The normalized spacial score (nSPS) is 15.3. The molecule has 0 atom stereocenters. The Morgan fingerprint density at radius 1 is 1.19 bits per heavy atom. The second kappa shape index (κ2) is 7.28. The van der Waals surface area contributed by atoms with Crippen LogP contribution in [0, 0.1) is 0 Å². The van der Waals surface area contributed by atoms with Crippen molar-refractivity contribution in [2.75, 3.05) is 31.1 Å². The van der Waals surface area contributed by atoms with Gasteiger partial charge >= 0.3 is 6.18 Å². The molecule has 0 radical (unpaired) electrons. The van der Waals surface area contributed by atoms with Crippen LogP contribution in [0.1, 0.15) is 15.9 Å². The number of pyridine rings is 2. The van der Waals surface area contributed by atoms with Gasteiger partial charge in [-0.1, -0.05) is 23.2 Å². The number of piperazine rings is 1. The molecule has 1 aliphatic rings. The van der Waals surface area contributed by atoms with Gasteiger partial charge in [-0.15, -0.1) is 0 Å². The number of nitrogens with one attached hydrogen (secondary N) is 1. The SMILES string of the molecule is O=C(c1cccnc1Cl)N1CCN(c2[nH+]cc(C(F)(F)F)cc2Cl)CC1. The van der Waals surface area contributed by atoms with E-state index in [1.807, 2.05) is 0 Å². The van der Waals surface area contributed by atoms with Gasteiger partial charge in [-0.2, -0.15) is 13.2 Å². The number of hydrogen-bond donors (Lipinski definition) is 0. The molecule has 2 aromatic heterocycles. The summed E-state index contributed by atoms with van der Waals surface area (Å²) >= 11 is 12.0. The summed E-state index contributed by atoms with van der Waals surface area (Å²) in [4.78, 5) is 22.4. The number of alkyl halides is 3. The van der Waals surface area contributed by atoms with Gasteiger partial charge in [0.2, 0.25) is 0 Å². The number of aromatic amines is 1. The Hall–Kier alpha value is -2.06. The molecule has 0 aliphatic carbocycles. The number of amides is 1. The monoisotopic (exact) mass is 405 g/mol. The maximum atomic E-state index is 12.7. The van der Waals surface area contributed by atoms with Crippen molar-refractivity contribution < 1.29 is 22.9 Å². The number of hydrogen-bond acceptors (Lipinski definition) is 3. The lowest BCUT2D eigenvalue weighted by Gasteiger charge is -2.31. The quantitative estimate of drug-likeness (QED) is 0.720. The van der Waals surface area contributed by atoms with Crippen molar-refractivity contribution >= 4 is 34.9 Å². The molecule has 10 heteroatoms. The topological polar surface area (TPSA) is 50.6 Å². The number of carbonyl (C=O) groups excluding carboxylic acids is 1. The summed E-state index contributed by atoms with van der Waals surface area (Å²) in [5.41, 5.74) is -0.520. The number of nitrogens with zero attached hydrogens (tertiary/aromatic N) is 3. The summed E-state index contributed by atoms with van der Waals surface area (Å²) in [5, 5.41) is 0.119. The van der Waals surface area contributed by atoms with E-state index in [4.69, 9.17) is 23.2 Å². The van der Waals surface area contributed by atoms with Gasteiger partial charge in [0, 0.05) is 6.20 Å². The highest BCUT2D eigenvalue weighted by Crippen LogP contribution is 2.32. The number of anilines is 1. The molecule has 0 unspecified atom stereocenters. The maximum absolute atomic E-state index is 12.7. The molecular formula is C16H14Cl2F3N4O+. The van der Waals surface area contributed by atoms with Crippen LogP contribution in [0.3, 0.4) is 0 Å². The van der Waals surface area contributed by atoms with Crippen LogP contribution in [-0.4, -0.2) is 42.0 Å². The second-order valence-corrected chi connectivity index (χ2v) is 6.47. The van der Waals surface area contributed by atoms with Crippen molar-refractivity contribution in [3.05, 3.63) is 51.9 Å². The average Bonchev–Trinajstić information content (AvgIpc) is 2.61. The molecular weight excluding hydrogens is 392 g/mol. The first-order valence-corrected chi connectivity index (χ1v) is 8.46. The minimum absolute atomic E-state index is 0.0186. The van der Waals surface area contributed by atoms with Gasteiger partial charge in [0.25, 0.3) is 11.7 Å². The summed E-state index contributed by atoms with van der Waals surface area (Å²) < 4.78 is 38.2. The van der Waals surface area contributed by atoms with Crippen molar-refractivity contribution in [2.24, 2.45) is 0 Å². The van der Waals surface area contributed by atoms with Crippen LogP contribution in [0.2, 0.25) is 10.2 Å². The van der Waals surface area contributed by atoms with Crippen molar-refractivity contribution in [3.8, 4) is 0 Å². The third kappa shape index (κ3) is 3.86. The van der Waals surface area contributed by atoms with Crippen LogP contribution in [0.15, 0.2) is 30.6 Å². The first-order valence-electron chi connectivity index (χ1n) is 7.70. The van der Waals surface area contributed by atoms with Gasteiger partial charge < -0.3 is 4.90 Å². The number of halogens is 5. The van der Waals surface area contributed by atoms with E-state index in [-0.39, 0.29) is 16.1 Å². The van der Waals surface area contributed by atoms with E-state index in [0.717, 1.165) is 12.3 Å². The van der Waals surface area contributed by atoms with E-state index in [9.17, 15) is 18.0 Å². The standard InChI is InChI=1S/C16H13Cl2F3N4O/c17-12-8-10(16(19,20)21)9-23-14(12)24-4-6-25(7-5-24)15(26)11-2-1-3-22-13(11)18/h1-3,8-9H,4-7H2/p+1. The fraction of sp³-hybridized carbons (Fsp3) is 0.312. The second-order valence-electron chi connectivity index (χ2n) is 5.70. The first kappa shape index (κ1) is 18.7. The van der Waals surface area contributed by atoms with Crippen molar-refractivity contribution in [1.29, 1.82) is 0 Å². The summed E-state index contributed by atoms with van der Waals surface area (Å²) in [6, 6.07) is 4.12. The number of aromatic nitrogens is 2. The highest BCUT2D eigenvalue weighted by atomic mass is 35.5. The Bertz CT molecular complexity index is 823. The molecule has 1 fully saturated rings. The molecule has 0 bridgehead atoms. The van der Waals surface area contributed by atoms with Gasteiger partial charge in [-0.05, 0) is 18.2 Å². The highest BCUT2D eigenvalue weighted by Gasteiger charge is 2.35. The zero-order chi connectivity index (χ0) is 18.9. The Balaban J connectivity index is 1.69. The Morgan fingerprint density at radius 3 is 2.46 bits per heavy atom. The van der Waals surface area contributed by atoms with Crippen molar-refractivity contribution in [3.63, 3.8) is 0 Å². The van der Waals surface area contributed by atoms with Crippen LogP contribution >= 0.6 is 23.2 Å². The fourth-order valence-electron chi connectivity index (χ4n) is 2.72. The first-order chi connectivity index (χ1) is 12.3. The molecule has 2 aromatic rings. The minimum Gasteiger partial charge on any atom is -0.331 e. The molecule has 3 heterocycles. The summed E-state index contributed by atoms with van der Waals surface area (Å²) in [6.07, 6.45) is -2.08. The molecule has 1 amide bonds. The van der Waals surface area contributed by atoms with E-state index >= 15 is 0 Å². The van der Waals surface area contributed by atoms with Crippen LogP contribution < -0.4 is 9.88 Å². The average molecular weight is 406 g/mol. The van der Waals surface area contributed by atoms with Crippen LogP contribution in [0.4, 0.5) is 19.0 Å². The van der Waals surface area contributed by atoms with Crippen molar-refractivity contribution in [2.45, 2.75) is 6.18 Å². The number of carbonyl (C=O) groups is 1. The summed E-state index contributed by atoms with van der Waals surface area (Å²) in [6.45, 7) is 1.61. The molecule has 0 aromatic carbocycles. The largest absolute Gasteiger partial charge is 0.419 e. The van der Waals surface area contributed by atoms with E-state index < -0.39 is 11.7 Å². The molecule has 0 saturated carbocycles. The molecule has 3 rings (SSSR count). The summed E-state index contributed by atoms with van der Waals surface area (Å²) in [7, 11) is 0.